The molecule has 0 radical (unpaired) electrons. The van der Waals surface area contributed by atoms with Crippen LogP contribution in [0.3, 0.4) is 0 Å². The van der Waals surface area contributed by atoms with Crippen molar-refractivity contribution in [3.8, 4) is 22.8 Å². The molecule has 0 aliphatic heterocycles. The summed E-state index contributed by atoms with van der Waals surface area (Å²) in [6.45, 7) is -0.242. The number of imidazole rings is 1. The first-order chi connectivity index (χ1) is 19.1. The molecule has 0 atom stereocenters. The van der Waals surface area contributed by atoms with Crippen LogP contribution in [0.2, 0.25) is 0 Å². The number of halogens is 1. The van der Waals surface area contributed by atoms with Crippen molar-refractivity contribution in [3.05, 3.63) is 61.0 Å². The minimum atomic E-state index is -3.93. The highest BCUT2D eigenvalue weighted by Gasteiger charge is 2.27. The molecule has 0 spiro atoms. The molecule has 0 unspecified atom stereocenters. The quantitative estimate of drug-likeness (QED) is 0.258. The largest absolute Gasteiger partial charge is 0.497 e. The van der Waals surface area contributed by atoms with Gasteiger partial charge in [-0.3, -0.25) is 9.58 Å². The van der Waals surface area contributed by atoms with Gasteiger partial charge in [0, 0.05) is 57.4 Å². The van der Waals surface area contributed by atoms with Crippen molar-refractivity contribution in [1.82, 2.24) is 43.0 Å². The molecule has 0 aliphatic rings. The zero-order valence-corrected chi connectivity index (χ0v) is 23.0. The minimum absolute atomic E-state index is 0.0103. The van der Waals surface area contributed by atoms with Crippen LogP contribution in [-0.4, -0.2) is 79.7 Å². The Morgan fingerprint density at radius 3 is 2.50 bits per heavy atom. The molecule has 0 saturated heterocycles. The Hall–Kier alpha value is -4.70. The number of hydrogen-bond donors (Lipinski definition) is 0. The lowest BCUT2D eigenvalue weighted by molar-refractivity contribution is 0.374. The summed E-state index contributed by atoms with van der Waals surface area (Å²) >= 11 is 0. The number of anilines is 2. The topological polar surface area (TPSA) is 146 Å². The van der Waals surface area contributed by atoms with E-state index in [1.165, 1.54) is 63.9 Å². The Balaban J connectivity index is 1.69. The Bertz CT molecular complexity index is 1800. The lowest BCUT2D eigenvalue weighted by Gasteiger charge is -2.25. The fraction of sp³-hybridized carbons (Fsp3) is 0.250. The van der Waals surface area contributed by atoms with Crippen LogP contribution in [0.25, 0.3) is 22.4 Å². The van der Waals surface area contributed by atoms with Crippen molar-refractivity contribution < 1.29 is 22.3 Å². The van der Waals surface area contributed by atoms with E-state index in [2.05, 4.69) is 30.0 Å². The predicted molar refractivity (Wildman–Crippen MR) is 143 cm³/mol. The van der Waals surface area contributed by atoms with E-state index in [1.807, 2.05) is 0 Å². The Morgan fingerprint density at radius 1 is 1.02 bits per heavy atom. The summed E-state index contributed by atoms with van der Waals surface area (Å²) in [5.41, 5.74) is 1.85. The van der Waals surface area contributed by atoms with Crippen LogP contribution in [0.1, 0.15) is 5.82 Å². The average molecular weight is 569 g/mol. The van der Waals surface area contributed by atoms with E-state index in [0.29, 0.717) is 17.0 Å². The lowest BCUT2D eigenvalue weighted by atomic mass is 10.2. The lowest BCUT2D eigenvalue weighted by Crippen LogP contribution is -2.31. The molecular weight excluding hydrogens is 543 g/mol. The summed E-state index contributed by atoms with van der Waals surface area (Å²) in [5.74, 6) is -0.453. The smallest absolute Gasteiger partial charge is 0.308 e. The molecule has 0 fully saturated rings. The molecule has 1 aromatic carbocycles. The predicted octanol–water partition coefficient (Wildman–Crippen LogP) is 2.17. The van der Waals surface area contributed by atoms with Crippen molar-refractivity contribution in [2.75, 3.05) is 33.2 Å². The zero-order valence-electron chi connectivity index (χ0n) is 22.2. The maximum atomic E-state index is 15.7. The standard InChI is InChI=1S/C24H25FN10O4S/c1-32(2)40(36,37)35-7-6-26-21(35)14-34(19-8-16(38-4)9-20(39-5)22(19)25)24-28-12-18-23(31-24)30-17(11-27-18)15-10-29-33(3)13-15/h6-13H,14H2,1-5H3. The number of aryl methyl sites for hydroxylation is 1. The van der Waals surface area contributed by atoms with Gasteiger partial charge in [0.25, 0.3) is 0 Å². The number of ether oxygens (including phenoxy) is 2. The Morgan fingerprint density at radius 2 is 1.82 bits per heavy atom. The number of rotatable bonds is 9. The van der Waals surface area contributed by atoms with Crippen molar-refractivity contribution in [2.45, 2.75) is 6.54 Å². The van der Waals surface area contributed by atoms with Crippen molar-refractivity contribution in [2.24, 2.45) is 7.05 Å². The third-order valence-corrected chi connectivity index (χ3v) is 7.71. The highest BCUT2D eigenvalue weighted by Crippen LogP contribution is 2.37. The van der Waals surface area contributed by atoms with Gasteiger partial charge in [0.05, 0.1) is 50.7 Å². The van der Waals surface area contributed by atoms with Gasteiger partial charge in [0.15, 0.2) is 17.2 Å². The second kappa shape index (κ2) is 10.5. The van der Waals surface area contributed by atoms with Gasteiger partial charge < -0.3 is 9.47 Å². The average Bonchev–Trinajstić information content (AvgIpc) is 3.60. The third kappa shape index (κ3) is 4.89. The molecule has 0 aliphatic carbocycles. The molecule has 16 heteroatoms. The summed E-state index contributed by atoms with van der Waals surface area (Å²) in [7, 11) is 3.40. The van der Waals surface area contributed by atoms with Crippen LogP contribution < -0.4 is 14.4 Å². The molecule has 0 N–H and O–H groups in total. The first kappa shape index (κ1) is 26.9. The molecule has 5 aromatic rings. The van der Waals surface area contributed by atoms with E-state index >= 15 is 4.39 Å². The monoisotopic (exact) mass is 568 g/mol. The number of methoxy groups -OCH3 is 2. The van der Waals surface area contributed by atoms with Gasteiger partial charge in [0.1, 0.15) is 17.1 Å². The van der Waals surface area contributed by atoms with Gasteiger partial charge in [-0.25, -0.2) is 28.3 Å². The van der Waals surface area contributed by atoms with E-state index in [4.69, 9.17) is 9.47 Å². The van der Waals surface area contributed by atoms with Crippen LogP contribution in [0, 0.1) is 5.82 Å². The Kier molecular flexibility index (Phi) is 7.03. The second-order valence-corrected chi connectivity index (χ2v) is 10.7. The molecule has 4 heterocycles. The van der Waals surface area contributed by atoms with E-state index < -0.39 is 16.0 Å². The van der Waals surface area contributed by atoms with Gasteiger partial charge in [-0.05, 0) is 0 Å². The normalized spacial score (nSPS) is 11.8. The number of nitrogens with zero attached hydrogens (tertiary/aromatic N) is 10. The second-order valence-electron chi connectivity index (χ2n) is 8.72. The van der Waals surface area contributed by atoms with Gasteiger partial charge in [-0.1, -0.05) is 0 Å². The van der Waals surface area contributed by atoms with Gasteiger partial charge in [0.2, 0.25) is 5.95 Å². The molecule has 0 amide bonds. The molecule has 14 nitrogen and oxygen atoms in total. The molecule has 40 heavy (non-hydrogen) atoms. The molecule has 4 aromatic heterocycles. The van der Waals surface area contributed by atoms with Gasteiger partial charge >= 0.3 is 10.2 Å². The van der Waals surface area contributed by atoms with Crippen LogP contribution >= 0.6 is 0 Å². The number of benzene rings is 1. The van der Waals surface area contributed by atoms with Gasteiger partial charge in [-0.2, -0.15) is 22.8 Å². The molecular formula is C24H25FN10O4S. The highest BCUT2D eigenvalue weighted by atomic mass is 32.2. The summed E-state index contributed by atoms with van der Waals surface area (Å²) in [6, 6.07) is 2.82. The fourth-order valence-electron chi connectivity index (χ4n) is 3.87. The molecule has 208 valence electrons. The number of fused-ring (bicyclic) bond motifs is 1. The van der Waals surface area contributed by atoms with Crippen LogP contribution in [0.5, 0.6) is 11.5 Å². The first-order valence-corrected chi connectivity index (χ1v) is 13.1. The zero-order chi connectivity index (χ0) is 28.6. The van der Waals surface area contributed by atoms with Crippen LogP contribution in [0.15, 0.2) is 49.3 Å². The maximum absolute atomic E-state index is 15.7. The van der Waals surface area contributed by atoms with E-state index in [1.54, 1.807) is 30.3 Å². The number of aromatic nitrogens is 8. The van der Waals surface area contributed by atoms with E-state index in [9.17, 15) is 8.42 Å². The van der Waals surface area contributed by atoms with E-state index in [-0.39, 0.29) is 35.4 Å². The molecule has 0 bridgehead atoms. The van der Waals surface area contributed by atoms with Crippen molar-refractivity contribution >= 4 is 33.0 Å². The highest BCUT2D eigenvalue weighted by molar-refractivity contribution is 7.87. The number of hydrogen-bond acceptors (Lipinski definition) is 11. The van der Waals surface area contributed by atoms with Crippen molar-refractivity contribution in [1.29, 1.82) is 0 Å². The third-order valence-electron chi connectivity index (χ3n) is 5.96. The van der Waals surface area contributed by atoms with E-state index in [0.717, 1.165) is 13.8 Å². The molecule has 0 saturated carbocycles. The summed E-state index contributed by atoms with van der Waals surface area (Å²) in [6.07, 6.45) is 9.10. The SMILES string of the molecule is COc1cc(OC)c(F)c(N(Cc2nccn2S(=O)(=O)N(C)C)c2ncc3ncc(-c4cnn(C)c4)nc3n2)c1. The maximum Gasteiger partial charge on any atom is 0.308 e. The van der Waals surface area contributed by atoms with Gasteiger partial charge in [-0.15, -0.1) is 0 Å². The fourth-order valence-corrected chi connectivity index (χ4v) is 4.80. The first-order valence-electron chi connectivity index (χ1n) is 11.8. The van der Waals surface area contributed by atoms with Crippen molar-refractivity contribution in [3.63, 3.8) is 0 Å². The summed E-state index contributed by atoms with van der Waals surface area (Å²) in [4.78, 5) is 23.6. The summed E-state index contributed by atoms with van der Waals surface area (Å²) in [5, 5.41) is 4.16. The molecule has 5 rings (SSSR count). The minimum Gasteiger partial charge on any atom is -0.497 e. The van der Waals surface area contributed by atoms with Crippen LogP contribution in [0.4, 0.5) is 16.0 Å². The Labute approximate surface area is 228 Å². The van der Waals surface area contributed by atoms with Crippen LogP contribution in [-0.2, 0) is 23.8 Å². The summed E-state index contributed by atoms with van der Waals surface area (Å²) < 4.78 is 55.9.